The van der Waals surface area contributed by atoms with E-state index < -0.39 is 15.8 Å². The average molecular weight is 450 g/mol. The van der Waals surface area contributed by atoms with Gasteiger partial charge in [0.05, 0.1) is 4.90 Å². The summed E-state index contributed by atoms with van der Waals surface area (Å²) >= 11 is 1.29. The maximum Gasteiger partial charge on any atom is 0.273 e. The fourth-order valence-corrected chi connectivity index (χ4v) is 5.37. The zero-order valence-corrected chi connectivity index (χ0v) is 17.3. The molecule has 0 unspecified atom stereocenters. The van der Waals surface area contributed by atoms with E-state index in [4.69, 9.17) is 0 Å². The number of benzene rings is 2. The molecule has 30 heavy (non-hydrogen) atoms. The molecule has 0 radical (unpaired) electrons. The monoisotopic (exact) mass is 449 g/mol. The third kappa shape index (κ3) is 4.11. The number of carbonyl (C=O) groups excluding carboxylic acids is 1. The number of hydrogen-bond acceptors (Lipinski definition) is 5. The molecule has 1 aliphatic heterocycles. The van der Waals surface area contributed by atoms with Crippen molar-refractivity contribution in [1.29, 1.82) is 0 Å². The lowest BCUT2D eigenvalue weighted by molar-refractivity contribution is 0.0693. The number of piperazine rings is 1. The summed E-state index contributed by atoms with van der Waals surface area (Å²) in [6.07, 6.45) is 0. The molecule has 0 aliphatic carbocycles. The normalized spacial score (nSPS) is 15.3. The highest BCUT2D eigenvalue weighted by Gasteiger charge is 2.31. The van der Waals surface area contributed by atoms with E-state index in [9.17, 15) is 22.0 Å². The van der Waals surface area contributed by atoms with Crippen molar-refractivity contribution < 1.29 is 22.0 Å². The lowest BCUT2D eigenvalue weighted by atomic mass is 10.2. The Morgan fingerprint density at radius 2 is 1.47 bits per heavy atom. The first-order valence-electron chi connectivity index (χ1n) is 9.11. The Morgan fingerprint density at radius 1 is 0.900 bits per heavy atom. The number of thiazole rings is 1. The van der Waals surface area contributed by atoms with E-state index in [1.165, 1.54) is 39.9 Å². The minimum Gasteiger partial charge on any atom is -0.335 e. The SMILES string of the molecule is O=C(c1csc(-c2ccc(F)cc2)n1)N1CCN(S(=O)(=O)c2ccc(F)cc2)CC1. The summed E-state index contributed by atoms with van der Waals surface area (Å²) < 4.78 is 52.8. The van der Waals surface area contributed by atoms with E-state index in [1.807, 2.05) is 0 Å². The molecule has 3 aromatic rings. The Balaban J connectivity index is 1.42. The summed E-state index contributed by atoms with van der Waals surface area (Å²) in [5.74, 6) is -1.13. The molecule has 1 amide bonds. The fraction of sp³-hybridized carbons (Fsp3) is 0.200. The molecule has 2 heterocycles. The maximum absolute atomic E-state index is 13.1. The van der Waals surface area contributed by atoms with Gasteiger partial charge in [0.25, 0.3) is 5.91 Å². The van der Waals surface area contributed by atoms with Crippen LogP contribution in [0.15, 0.2) is 58.8 Å². The largest absolute Gasteiger partial charge is 0.335 e. The predicted octanol–water partition coefficient (Wildman–Crippen LogP) is 3.24. The molecule has 0 spiro atoms. The first kappa shape index (κ1) is 20.6. The molecule has 0 atom stereocenters. The summed E-state index contributed by atoms with van der Waals surface area (Å²) in [5, 5.41) is 2.25. The van der Waals surface area contributed by atoms with Crippen molar-refractivity contribution in [3.05, 3.63) is 71.2 Å². The van der Waals surface area contributed by atoms with E-state index in [-0.39, 0.29) is 48.5 Å². The number of sulfonamides is 1. The van der Waals surface area contributed by atoms with Crippen molar-refractivity contribution >= 4 is 27.3 Å². The van der Waals surface area contributed by atoms with Crippen LogP contribution in [0.3, 0.4) is 0 Å². The summed E-state index contributed by atoms with van der Waals surface area (Å²) in [4.78, 5) is 18.7. The fourth-order valence-electron chi connectivity index (χ4n) is 3.15. The van der Waals surface area contributed by atoms with Gasteiger partial charge in [-0.3, -0.25) is 4.79 Å². The number of carbonyl (C=O) groups is 1. The molecule has 1 fully saturated rings. The predicted molar refractivity (Wildman–Crippen MR) is 109 cm³/mol. The molecule has 1 aromatic heterocycles. The number of hydrogen-bond donors (Lipinski definition) is 0. The van der Waals surface area contributed by atoms with Gasteiger partial charge >= 0.3 is 0 Å². The lowest BCUT2D eigenvalue weighted by Crippen LogP contribution is -2.50. The smallest absolute Gasteiger partial charge is 0.273 e. The maximum atomic E-state index is 13.1. The van der Waals surface area contributed by atoms with Crippen LogP contribution in [0.2, 0.25) is 0 Å². The van der Waals surface area contributed by atoms with Gasteiger partial charge in [-0.2, -0.15) is 4.31 Å². The molecule has 156 valence electrons. The molecule has 10 heteroatoms. The second-order valence-electron chi connectivity index (χ2n) is 6.69. The lowest BCUT2D eigenvalue weighted by Gasteiger charge is -2.33. The highest BCUT2D eigenvalue weighted by Crippen LogP contribution is 2.25. The van der Waals surface area contributed by atoms with E-state index in [2.05, 4.69) is 4.98 Å². The quantitative estimate of drug-likeness (QED) is 0.613. The zero-order valence-electron chi connectivity index (χ0n) is 15.7. The summed E-state index contributed by atoms with van der Waals surface area (Å²) in [5.41, 5.74) is 0.991. The van der Waals surface area contributed by atoms with Crippen molar-refractivity contribution in [3.63, 3.8) is 0 Å². The van der Waals surface area contributed by atoms with Gasteiger partial charge in [0.2, 0.25) is 10.0 Å². The van der Waals surface area contributed by atoms with Crippen molar-refractivity contribution in [2.45, 2.75) is 4.90 Å². The van der Waals surface area contributed by atoms with Crippen LogP contribution in [-0.4, -0.2) is 54.7 Å². The van der Waals surface area contributed by atoms with E-state index in [0.717, 1.165) is 17.7 Å². The van der Waals surface area contributed by atoms with Gasteiger partial charge in [0.1, 0.15) is 22.3 Å². The van der Waals surface area contributed by atoms with Crippen LogP contribution in [-0.2, 0) is 10.0 Å². The van der Waals surface area contributed by atoms with Gasteiger partial charge in [0, 0.05) is 37.1 Å². The Labute approximate surface area is 176 Å². The van der Waals surface area contributed by atoms with E-state index in [1.54, 1.807) is 22.4 Å². The number of rotatable bonds is 4. The van der Waals surface area contributed by atoms with Crippen LogP contribution in [0, 0.1) is 11.6 Å². The Hall–Kier alpha value is -2.69. The van der Waals surface area contributed by atoms with Gasteiger partial charge in [-0.05, 0) is 48.5 Å². The standard InChI is InChI=1S/C20H17F2N3O3S2/c21-15-3-1-14(2-4-15)19-23-18(13-29-19)20(26)24-9-11-25(12-10-24)30(27,28)17-7-5-16(22)6-8-17/h1-8,13H,9-12H2. The average Bonchev–Trinajstić information content (AvgIpc) is 3.24. The minimum absolute atomic E-state index is 0.0205. The van der Waals surface area contributed by atoms with Crippen molar-refractivity contribution in [1.82, 2.24) is 14.2 Å². The summed E-state index contributed by atoms with van der Waals surface area (Å²) in [7, 11) is -3.74. The van der Waals surface area contributed by atoms with Gasteiger partial charge in [-0.25, -0.2) is 22.2 Å². The van der Waals surface area contributed by atoms with Crippen molar-refractivity contribution in [2.75, 3.05) is 26.2 Å². The highest BCUT2D eigenvalue weighted by molar-refractivity contribution is 7.89. The molecular formula is C20H17F2N3O3S2. The summed E-state index contributed by atoms with van der Waals surface area (Å²) in [6, 6.07) is 10.5. The van der Waals surface area contributed by atoms with Crippen molar-refractivity contribution in [2.24, 2.45) is 0 Å². The number of aromatic nitrogens is 1. The van der Waals surface area contributed by atoms with Crippen LogP contribution in [0.1, 0.15) is 10.5 Å². The van der Waals surface area contributed by atoms with Crippen LogP contribution < -0.4 is 0 Å². The van der Waals surface area contributed by atoms with Crippen LogP contribution >= 0.6 is 11.3 Å². The van der Waals surface area contributed by atoms with E-state index >= 15 is 0 Å². The molecule has 6 nitrogen and oxygen atoms in total. The number of amides is 1. The number of nitrogens with zero attached hydrogens (tertiary/aromatic N) is 3. The van der Waals surface area contributed by atoms with Crippen LogP contribution in [0.5, 0.6) is 0 Å². The Morgan fingerprint density at radius 3 is 2.07 bits per heavy atom. The van der Waals surface area contributed by atoms with Crippen LogP contribution in [0.4, 0.5) is 8.78 Å². The Bertz CT molecular complexity index is 1150. The first-order chi connectivity index (χ1) is 14.3. The Kier molecular flexibility index (Phi) is 5.63. The molecule has 2 aromatic carbocycles. The summed E-state index contributed by atoms with van der Waals surface area (Å²) in [6.45, 7) is 0.728. The first-order valence-corrected chi connectivity index (χ1v) is 11.4. The van der Waals surface area contributed by atoms with Crippen molar-refractivity contribution in [3.8, 4) is 10.6 Å². The van der Waals surface area contributed by atoms with E-state index in [0.29, 0.717) is 5.01 Å². The van der Waals surface area contributed by atoms with Gasteiger partial charge in [-0.15, -0.1) is 11.3 Å². The minimum atomic E-state index is -3.74. The van der Waals surface area contributed by atoms with Crippen LogP contribution in [0.25, 0.3) is 10.6 Å². The van der Waals surface area contributed by atoms with Gasteiger partial charge in [-0.1, -0.05) is 0 Å². The molecule has 0 N–H and O–H groups in total. The zero-order chi connectivity index (χ0) is 21.3. The highest BCUT2D eigenvalue weighted by atomic mass is 32.2. The van der Waals surface area contributed by atoms with Gasteiger partial charge < -0.3 is 4.90 Å². The van der Waals surface area contributed by atoms with Gasteiger partial charge in [0.15, 0.2) is 0 Å². The molecule has 4 rings (SSSR count). The second kappa shape index (κ2) is 8.21. The topological polar surface area (TPSA) is 70.6 Å². The molecular weight excluding hydrogens is 432 g/mol. The molecule has 0 bridgehead atoms. The third-order valence-corrected chi connectivity index (χ3v) is 7.60. The molecule has 1 saturated heterocycles. The third-order valence-electron chi connectivity index (χ3n) is 4.79. The number of halogens is 2. The molecule has 0 saturated carbocycles. The molecule has 1 aliphatic rings. The second-order valence-corrected chi connectivity index (χ2v) is 9.49.